The predicted octanol–water partition coefficient (Wildman–Crippen LogP) is 9.35. The van der Waals surface area contributed by atoms with E-state index in [1.54, 1.807) is 23.9 Å². The first-order valence-electron chi connectivity index (χ1n) is 26.0. The van der Waals surface area contributed by atoms with E-state index in [0.29, 0.717) is 6.67 Å². The maximum atomic E-state index is 12.5. The van der Waals surface area contributed by atoms with Crippen molar-refractivity contribution in [2.45, 2.75) is 108 Å². The number of rotatable bonds is 11. The second kappa shape index (κ2) is 28.8. The number of carbonyl (C=O) groups is 4. The second-order valence-electron chi connectivity index (χ2n) is 19.4. The van der Waals surface area contributed by atoms with Gasteiger partial charge in [-0.1, -0.05) is 52.0 Å². The largest absolute Gasteiger partial charge is 2.00 e. The Morgan fingerprint density at radius 2 is 0.658 bits per heavy atom. The van der Waals surface area contributed by atoms with Crippen molar-refractivity contribution in [2.24, 2.45) is 0 Å². The Morgan fingerprint density at radius 3 is 0.873 bits per heavy atom. The van der Waals surface area contributed by atoms with Gasteiger partial charge in [0.25, 0.3) is 0 Å². The Hall–Kier alpha value is -5.50. The average molecular weight is 1430 g/mol. The van der Waals surface area contributed by atoms with Crippen LogP contribution in [0.4, 0.5) is 0 Å². The van der Waals surface area contributed by atoms with Crippen LogP contribution in [0.3, 0.4) is 0 Å². The molecule has 1 N–H and O–H groups in total. The molecule has 0 atom stereocenters. The zero-order chi connectivity index (χ0) is 54.3. The molecule has 4 fully saturated rings. The number of nitrogens with one attached hydrogen (secondary N) is 1. The number of hydrogen-bond acceptors (Lipinski definition) is 13. The van der Waals surface area contributed by atoms with Crippen LogP contribution in [-0.4, -0.2) is 119 Å². The average Bonchev–Trinajstić information content (AvgIpc) is 4.42. The summed E-state index contributed by atoms with van der Waals surface area (Å²) in [5, 5.41) is 3.00. The van der Waals surface area contributed by atoms with Gasteiger partial charge in [-0.05, 0) is 150 Å². The van der Waals surface area contributed by atoms with Crippen LogP contribution in [0.1, 0.15) is 108 Å². The Labute approximate surface area is 498 Å². The Kier molecular flexibility index (Phi) is 24.7. The molecule has 0 radical (unpaired) electrons. The van der Waals surface area contributed by atoms with Gasteiger partial charge in [-0.2, -0.15) is 0 Å². The number of benzene rings is 4. The molecule has 4 aliphatic heterocycles. The third-order valence-corrected chi connectivity index (χ3v) is 14.6. The smallest absolute Gasteiger partial charge is 0.497 e. The number of likely N-dealkylation sites (N-methyl/N-ethyl adjacent to an activating group) is 4. The molecule has 0 spiro atoms. The Balaban J connectivity index is 0.000000267. The maximum absolute atomic E-state index is 12.5. The number of nitrogens with zero attached hydrogens (tertiary/aromatic N) is 4. The second-order valence-corrected chi connectivity index (χ2v) is 19.4. The molecular weight excluding hydrogens is 1350 g/mol. The SMILES string of the molecule is CC.CC.CCN(C)C(=O)C1(c2ccc3c(c2)OCO3)CC1.CNCN(C)C(=O)C1(c2ccc3c(c2)OCO3)CC1.[CH2-]N(C)C(=O)C1(c2ccc3c(c2)OCO3)CC1.[CH2-]N(C)C(=O)C1(c2ccc3c(c2)OCO3)CC1.[CH3-].[CH3-].[W+2].[W+2]. The molecule has 79 heavy (non-hydrogen) atoms. The normalized spacial score (nSPS) is 16.9. The number of ether oxygens (including phenoxy) is 8. The zero-order valence-electron chi connectivity index (χ0n) is 48.2. The topological polar surface area (TPSA) is 167 Å². The van der Waals surface area contributed by atoms with E-state index in [-0.39, 0.29) is 129 Å². The maximum Gasteiger partial charge on any atom is 2.00 e. The van der Waals surface area contributed by atoms with E-state index in [1.807, 2.05) is 129 Å². The Morgan fingerprint density at radius 1 is 0.430 bits per heavy atom. The minimum Gasteiger partial charge on any atom is -0.497 e. The third kappa shape index (κ3) is 14.2. The fourth-order valence-electron chi connectivity index (χ4n) is 9.69. The van der Waals surface area contributed by atoms with Gasteiger partial charge in [-0.25, -0.2) is 0 Å². The van der Waals surface area contributed by atoms with Gasteiger partial charge in [0.2, 0.25) is 50.8 Å². The van der Waals surface area contributed by atoms with Crippen molar-refractivity contribution in [3.8, 4) is 46.0 Å². The summed E-state index contributed by atoms with van der Waals surface area (Å²) < 4.78 is 42.6. The third-order valence-electron chi connectivity index (χ3n) is 14.6. The fraction of sp³-hybridized carbons (Fsp3) is 0.467. The van der Waals surface area contributed by atoms with E-state index in [2.05, 4.69) is 19.4 Å². The number of hydrogen-bond donors (Lipinski definition) is 1. The molecule has 4 aromatic carbocycles. The van der Waals surface area contributed by atoms with Crippen molar-refractivity contribution in [3.63, 3.8) is 0 Å². The summed E-state index contributed by atoms with van der Waals surface area (Å²) in [5.41, 5.74) is 2.67. The van der Waals surface area contributed by atoms with E-state index in [0.717, 1.165) is 126 Å². The minimum atomic E-state index is -0.377. The predicted molar refractivity (Wildman–Crippen MR) is 296 cm³/mol. The van der Waals surface area contributed by atoms with Crippen LogP contribution in [0.2, 0.25) is 0 Å². The van der Waals surface area contributed by atoms with Gasteiger partial charge in [0.05, 0.1) is 28.3 Å². The fourth-order valence-corrected chi connectivity index (χ4v) is 9.69. The molecule has 4 amide bonds. The molecule has 8 aliphatic rings. The summed E-state index contributed by atoms with van der Waals surface area (Å²) in [5.74, 6) is 6.50. The van der Waals surface area contributed by atoms with Gasteiger partial charge in [-0.3, -0.25) is 33.3 Å². The summed E-state index contributed by atoms with van der Waals surface area (Å²) >= 11 is 0. The van der Waals surface area contributed by atoms with Crippen molar-refractivity contribution in [3.05, 3.63) is 124 Å². The summed E-state index contributed by atoms with van der Waals surface area (Å²) in [6, 6.07) is 23.1. The number of carbonyl (C=O) groups excluding carboxylic acids is 4. The molecule has 12 rings (SSSR count). The van der Waals surface area contributed by atoms with Gasteiger partial charge in [0.15, 0.2) is 46.0 Å². The zero-order valence-corrected chi connectivity index (χ0v) is 54.1. The van der Waals surface area contributed by atoms with Crippen LogP contribution >= 0.6 is 0 Å². The van der Waals surface area contributed by atoms with Crippen molar-refractivity contribution in [2.75, 3.05) is 75.6 Å². The molecule has 4 heterocycles. The molecule has 19 heteroatoms. The summed E-state index contributed by atoms with van der Waals surface area (Å²) in [7, 11) is 16.2. The molecule has 4 saturated carbocycles. The first-order valence-corrected chi connectivity index (χ1v) is 26.0. The molecule has 0 aromatic heterocycles. The minimum absolute atomic E-state index is 0. The van der Waals surface area contributed by atoms with Crippen molar-refractivity contribution < 1.29 is 99.2 Å². The number of amides is 4. The van der Waals surface area contributed by atoms with Gasteiger partial charge >= 0.3 is 42.1 Å². The van der Waals surface area contributed by atoms with Gasteiger partial charge in [0.1, 0.15) is 0 Å². The van der Waals surface area contributed by atoms with E-state index >= 15 is 0 Å². The molecule has 4 aromatic rings. The molecule has 0 bridgehead atoms. The number of fused-ring (bicyclic) bond motifs is 4. The van der Waals surface area contributed by atoms with Crippen LogP contribution in [0, 0.1) is 28.9 Å². The van der Waals surface area contributed by atoms with Gasteiger partial charge < -0.3 is 77.7 Å². The Bertz CT molecular complexity index is 2610. The molecule has 430 valence electrons. The summed E-state index contributed by atoms with van der Waals surface area (Å²) in [4.78, 5) is 55.5. The first kappa shape index (κ1) is 67.8. The molecule has 0 unspecified atom stereocenters. The van der Waals surface area contributed by atoms with E-state index < -0.39 is 0 Å². The molecule has 4 aliphatic carbocycles. The van der Waals surface area contributed by atoms with Crippen LogP contribution in [0.5, 0.6) is 46.0 Å². The monoisotopic (exact) mass is 1430 g/mol. The summed E-state index contributed by atoms with van der Waals surface area (Å²) in [6.07, 6.45) is 7.18. The summed E-state index contributed by atoms with van der Waals surface area (Å²) in [6.45, 7) is 12.3. The standard InChI is InChI=1S/C14H18N2O3.C14H17NO3.2C13H14NO3.2C2H6.2CH3.2W/c1-15-8-16(2)13(17)14(5-6-14)10-3-4-11-12(7-10)19-9-18-11;1-3-15(2)13(16)14(6-7-14)10-4-5-11-12(8-10)18-9-17-11;2*1-14(2)12(15)13(5-6-13)9-3-4-10-11(7-9)17-8-16-10;2*1-2;;;;/h3-4,7,15H,5-6,8-9H2,1-2H3;4-5,8H,3,6-7,9H2,1-2H3;2*3-4,7H,1,5-6,8H2,2H3;2*1-2H3;2*1H3;;/q;;2*-1;;;2*-1;2*+2. The van der Waals surface area contributed by atoms with E-state index in [4.69, 9.17) is 37.9 Å². The van der Waals surface area contributed by atoms with Crippen molar-refractivity contribution in [1.82, 2.24) is 24.9 Å². The van der Waals surface area contributed by atoms with E-state index in [9.17, 15) is 19.2 Å². The molecular formula is C60H81N5O12W2. The van der Waals surface area contributed by atoms with Crippen LogP contribution in [0.25, 0.3) is 0 Å². The van der Waals surface area contributed by atoms with E-state index in [1.165, 1.54) is 9.80 Å². The van der Waals surface area contributed by atoms with Crippen LogP contribution < -0.4 is 43.2 Å². The molecule has 17 nitrogen and oxygen atoms in total. The quantitative estimate of drug-likeness (QED) is 0.112. The van der Waals surface area contributed by atoms with Crippen LogP contribution in [-0.2, 0) is 83.0 Å². The molecule has 0 saturated heterocycles. The van der Waals surface area contributed by atoms with Gasteiger partial charge in [-0.15, -0.1) is 0 Å². The first-order chi connectivity index (χ1) is 36.1. The van der Waals surface area contributed by atoms with Crippen LogP contribution in [0.15, 0.2) is 72.8 Å². The van der Waals surface area contributed by atoms with Gasteiger partial charge in [0, 0.05) is 20.6 Å². The van der Waals surface area contributed by atoms with Crippen molar-refractivity contribution >= 4 is 23.6 Å². The van der Waals surface area contributed by atoms with Crippen molar-refractivity contribution in [1.29, 1.82) is 0 Å².